The van der Waals surface area contributed by atoms with Crippen LogP contribution in [-0.2, 0) is 6.42 Å². The van der Waals surface area contributed by atoms with Crippen LogP contribution in [0.5, 0.6) is 11.5 Å². The summed E-state index contributed by atoms with van der Waals surface area (Å²) in [5.74, 6) is 0.909. The molecule has 2 rings (SSSR count). The molecule has 7 heteroatoms. The summed E-state index contributed by atoms with van der Waals surface area (Å²) in [5, 5.41) is 8.06. The van der Waals surface area contributed by atoms with Crippen molar-refractivity contribution in [2.45, 2.75) is 51.5 Å². The number of hydrogen-bond donors (Lipinski definition) is 2. The van der Waals surface area contributed by atoms with Crippen LogP contribution in [0.4, 0.5) is 4.79 Å². The molecule has 0 bridgehead atoms. The molecule has 0 aliphatic carbocycles. The van der Waals surface area contributed by atoms with E-state index in [2.05, 4.69) is 33.6 Å². The van der Waals surface area contributed by atoms with Crippen molar-refractivity contribution in [3.05, 3.63) is 47.4 Å². The summed E-state index contributed by atoms with van der Waals surface area (Å²) in [6, 6.07) is 6.05. The van der Waals surface area contributed by atoms with E-state index >= 15 is 0 Å². The first-order valence-electron chi connectivity index (χ1n) is 10.2. The lowest BCUT2D eigenvalue weighted by Gasteiger charge is -2.25. The summed E-state index contributed by atoms with van der Waals surface area (Å²) < 4.78 is 11.6. The van der Waals surface area contributed by atoms with Gasteiger partial charge in [0.25, 0.3) is 0 Å². The molecule has 0 radical (unpaired) electrons. The highest BCUT2D eigenvalue weighted by Gasteiger charge is 2.31. The van der Waals surface area contributed by atoms with Crippen molar-refractivity contribution in [3.63, 3.8) is 0 Å². The summed E-state index contributed by atoms with van der Waals surface area (Å²) in [6.45, 7) is 10.2. The molecule has 30 heavy (non-hydrogen) atoms. The van der Waals surface area contributed by atoms with Gasteiger partial charge in [0, 0.05) is 32.5 Å². The van der Waals surface area contributed by atoms with Gasteiger partial charge in [0.1, 0.15) is 0 Å². The molecular weight excluding hydrogens is 398 g/mol. The van der Waals surface area contributed by atoms with E-state index in [1.165, 1.54) is 0 Å². The molecule has 0 spiro atoms. The summed E-state index contributed by atoms with van der Waals surface area (Å²) in [7, 11) is 4.04. The van der Waals surface area contributed by atoms with Crippen LogP contribution in [0.15, 0.2) is 41.8 Å². The number of rotatable bonds is 10. The molecule has 0 fully saturated rings. The number of amides is 2. The number of benzene rings is 1. The Bertz CT molecular complexity index is 777. The molecule has 166 valence electrons. The highest BCUT2D eigenvalue weighted by Crippen LogP contribution is 2.39. The normalized spacial score (nSPS) is 16.8. The number of ether oxygens (including phenoxy) is 2. The van der Waals surface area contributed by atoms with Gasteiger partial charge < -0.3 is 25.0 Å². The van der Waals surface area contributed by atoms with E-state index < -0.39 is 5.79 Å². The van der Waals surface area contributed by atoms with Crippen LogP contribution >= 0.6 is 11.8 Å². The third kappa shape index (κ3) is 7.29. The highest BCUT2D eigenvalue weighted by molar-refractivity contribution is 8.01. The van der Waals surface area contributed by atoms with Gasteiger partial charge in [-0.2, -0.15) is 0 Å². The molecular formula is C23H35N3O3S. The molecule has 1 heterocycles. The predicted octanol–water partition coefficient (Wildman–Crippen LogP) is 4.18. The third-order valence-corrected chi connectivity index (χ3v) is 5.41. The lowest BCUT2D eigenvalue weighted by molar-refractivity contribution is -0.0431. The van der Waals surface area contributed by atoms with Crippen LogP contribution in [-0.4, -0.2) is 55.7 Å². The highest BCUT2D eigenvalue weighted by atomic mass is 32.2. The molecule has 0 aromatic heterocycles. The maximum Gasteiger partial charge on any atom is 0.315 e. The number of nitrogens with one attached hydrogen (secondary N) is 2. The monoisotopic (exact) mass is 433 g/mol. The summed E-state index contributed by atoms with van der Waals surface area (Å²) >= 11 is 1.64. The SMILES string of the molecule is C=C/C(=C\SC)CC(C)NC(=O)NCC(Cc1ccc2c(c1)OC(C)(C)O2)N(C)C. The molecule has 1 aliphatic rings. The van der Waals surface area contributed by atoms with Gasteiger partial charge in [-0.1, -0.05) is 18.7 Å². The summed E-state index contributed by atoms with van der Waals surface area (Å²) in [5.41, 5.74) is 2.26. The maximum atomic E-state index is 12.4. The van der Waals surface area contributed by atoms with Crippen LogP contribution in [0.1, 0.15) is 32.8 Å². The molecule has 1 aliphatic heterocycles. The summed E-state index contributed by atoms with van der Waals surface area (Å²) in [6.07, 6.45) is 5.39. The number of urea groups is 1. The molecule has 0 saturated carbocycles. The van der Waals surface area contributed by atoms with E-state index in [1.54, 1.807) is 11.8 Å². The molecule has 6 nitrogen and oxygen atoms in total. The molecule has 1 aromatic rings. The van der Waals surface area contributed by atoms with Crippen LogP contribution in [0.3, 0.4) is 0 Å². The molecule has 2 unspecified atom stereocenters. The average molecular weight is 434 g/mol. The number of carbonyl (C=O) groups excluding carboxylic acids is 1. The number of hydrogen-bond acceptors (Lipinski definition) is 5. The minimum atomic E-state index is -0.630. The van der Waals surface area contributed by atoms with E-state index in [-0.39, 0.29) is 18.1 Å². The fourth-order valence-electron chi connectivity index (χ4n) is 3.32. The van der Waals surface area contributed by atoms with Crippen LogP contribution in [0.2, 0.25) is 0 Å². The van der Waals surface area contributed by atoms with E-state index in [0.29, 0.717) is 6.54 Å². The van der Waals surface area contributed by atoms with Gasteiger partial charge in [0.15, 0.2) is 11.5 Å². The fourth-order valence-corrected chi connectivity index (χ4v) is 3.82. The Hall–Kier alpha value is -2.12. The van der Waals surface area contributed by atoms with Crippen molar-refractivity contribution < 1.29 is 14.3 Å². The predicted molar refractivity (Wildman–Crippen MR) is 125 cm³/mol. The van der Waals surface area contributed by atoms with E-state index in [1.807, 2.05) is 59.3 Å². The van der Waals surface area contributed by atoms with Crippen molar-refractivity contribution in [2.24, 2.45) is 0 Å². The number of thioether (sulfide) groups is 1. The lowest BCUT2D eigenvalue weighted by atomic mass is 10.0. The van der Waals surface area contributed by atoms with Crippen molar-refractivity contribution in [2.75, 3.05) is 26.9 Å². The third-order valence-electron chi connectivity index (χ3n) is 4.87. The summed E-state index contributed by atoms with van der Waals surface area (Å²) in [4.78, 5) is 14.5. The van der Waals surface area contributed by atoms with Gasteiger partial charge >= 0.3 is 6.03 Å². The molecule has 1 aromatic carbocycles. The van der Waals surface area contributed by atoms with E-state index in [0.717, 1.165) is 35.5 Å². The quantitative estimate of drug-likeness (QED) is 0.542. The zero-order valence-electron chi connectivity index (χ0n) is 19.0. The Labute approximate surface area is 185 Å². The molecule has 0 saturated heterocycles. The van der Waals surface area contributed by atoms with Crippen LogP contribution < -0.4 is 20.1 Å². The molecule has 2 N–H and O–H groups in total. The topological polar surface area (TPSA) is 62.8 Å². The second kappa shape index (κ2) is 10.8. The largest absolute Gasteiger partial charge is 0.449 e. The number of likely N-dealkylation sites (N-methyl/N-ethyl adjacent to an activating group) is 1. The van der Waals surface area contributed by atoms with Gasteiger partial charge in [0.05, 0.1) is 0 Å². The van der Waals surface area contributed by atoms with Gasteiger partial charge in [-0.05, 0) is 68.8 Å². The molecule has 2 amide bonds. The Morgan fingerprint density at radius 1 is 1.30 bits per heavy atom. The van der Waals surface area contributed by atoms with Crippen LogP contribution in [0, 0.1) is 0 Å². The number of allylic oxidation sites excluding steroid dienone is 1. The minimum absolute atomic E-state index is 0.0245. The number of carbonyl (C=O) groups is 1. The number of fused-ring (bicyclic) bond motifs is 1. The van der Waals surface area contributed by atoms with E-state index in [9.17, 15) is 4.79 Å². The Morgan fingerprint density at radius 3 is 2.63 bits per heavy atom. The fraction of sp³-hybridized carbons (Fsp3) is 0.522. The van der Waals surface area contributed by atoms with Gasteiger partial charge in [-0.15, -0.1) is 11.8 Å². The standard InChI is InChI=1S/C23H35N3O3S/c1-8-17(15-30-7)11-16(2)25-22(27)24-14-19(26(5)6)12-18-9-10-20-21(13-18)29-23(3,4)28-20/h8-10,13,15-16,19H,1,11-12,14H2,2-7H3,(H2,24,25,27)/b17-15+. The smallest absolute Gasteiger partial charge is 0.315 e. The Morgan fingerprint density at radius 2 is 2.00 bits per heavy atom. The van der Waals surface area contributed by atoms with Crippen molar-refractivity contribution in [1.29, 1.82) is 0 Å². The first-order chi connectivity index (χ1) is 14.1. The Kier molecular flexibility index (Phi) is 8.67. The first-order valence-corrected chi connectivity index (χ1v) is 11.5. The average Bonchev–Trinajstić information content (AvgIpc) is 2.97. The zero-order valence-corrected chi connectivity index (χ0v) is 19.8. The maximum absolute atomic E-state index is 12.4. The second-order valence-electron chi connectivity index (χ2n) is 8.30. The minimum Gasteiger partial charge on any atom is -0.449 e. The van der Waals surface area contributed by atoms with Gasteiger partial charge in [-0.3, -0.25) is 0 Å². The van der Waals surface area contributed by atoms with E-state index in [4.69, 9.17) is 9.47 Å². The lowest BCUT2D eigenvalue weighted by Crippen LogP contribution is -2.47. The number of nitrogens with zero attached hydrogens (tertiary/aromatic N) is 1. The van der Waals surface area contributed by atoms with Crippen molar-refractivity contribution in [3.8, 4) is 11.5 Å². The van der Waals surface area contributed by atoms with Crippen molar-refractivity contribution in [1.82, 2.24) is 15.5 Å². The Balaban J connectivity index is 1.88. The second-order valence-corrected chi connectivity index (χ2v) is 9.01. The van der Waals surface area contributed by atoms with Gasteiger partial charge in [0.2, 0.25) is 5.79 Å². The van der Waals surface area contributed by atoms with Crippen LogP contribution in [0.25, 0.3) is 0 Å². The van der Waals surface area contributed by atoms with Gasteiger partial charge in [-0.25, -0.2) is 4.79 Å². The van der Waals surface area contributed by atoms with Crippen molar-refractivity contribution >= 4 is 17.8 Å². The molecule has 2 atom stereocenters. The zero-order chi connectivity index (χ0) is 22.3. The first kappa shape index (κ1) is 24.2.